The number of halogens is 1. The zero-order chi connectivity index (χ0) is 15.9. The summed E-state index contributed by atoms with van der Waals surface area (Å²) in [5.41, 5.74) is 5.46. The molecule has 2 aromatic heterocycles. The van der Waals surface area contributed by atoms with Gasteiger partial charge in [0.05, 0.1) is 17.8 Å². The SMILES string of the molecule is Cc1ccc2c(C(C)C)c(CO)c(-c3ccc(F)cc3)nn12. The molecule has 114 valence electrons. The second-order valence-electron chi connectivity index (χ2n) is 5.83. The van der Waals surface area contributed by atoms with Crippen molar-refractivity contribution in [2.24, 2.45) is 0 Å². The number of benzene rings is 1. The third-order valence-corrected chi connectivity index (χ3v) is 3.98. The summed E-state index contributed by atoms with van der Waals surface area (Å²) >= 11 is 0. The number of nitrogens with zero attached hydrogens (tertiary/aromatic N) is 2. The molecule has 0 aliphatic rings. The van der Waals surface area contributed by atoms with E-state index in [4.69, 9.17) is 0 Å². The first kappa shape index (κ1) is 14.7. The highest BCUT2D eigenvalue weighted by atomic mass is 19.1. The Hall–Kier alpha value is -2.20. The van der Waals surface area contributed by atoms with Crippen LogP contribution in [0.4, 0.5) is 4.39 Å². The quantitative estimate of drug-likeness (QED) is 0.791. The van der Waals surface area contributed by atoms with Gasteiger partial charge in [-0.3, -0.25) is 0 Å². The molecule has 0 spiro atoms. The van der Waals surface area contributed by atoms with Crippen molar-refractivity contribution >= 4 is 5.52 Å². The fraction of sp³-hybridized carbons (Fsp3) is 0.278. The lowest BCUT2D eigenvalue weighted by atomic mass is 9.94. The fourth-order valence-electron chi connectivity index (χ4n) is 2.95. The van der Waals surface area contributed by atoms with Gasteiger partial charge in [0.15, 0.2) is 0 Å². The van der Waals surface area contributed by atoms with Gasteiger partial charge in [0, 0.05) is 16.8 Å². The Balaban J connectivity index is 2.38. The molecule has 0 saturated heterocycles. The second-order valence-corrected chi connectivity index (χ2v) is 5.83. The van der Waals surface area contributed by atoms with Crippen LogP contribution in [0, 0.1) is 12.7 Å². The van der Waals surface area contributed by atoms with Crippen molar-refractivity contribution in [2.45, 2.75) is 33.3 Å². The molecule has 22 heavy (non-hydrogen) atoms. The van der Waals surface area contributed by atoms with Crippen LogP contribution in [0.15, 0.2) is 36.4 Å². The molecule has 3 aromatic rings. The number of hydrogen-bond acceptors (Lipinski definition) is 2. The average molecular weight is 298 g/mol. The minimum absolute atomic E-state index is 0.0893. The smallest absolute Gasteiger partial charge is 0.123 e. The highest BCUT2D eigenvalue weighted by Gasteiger charge is 2.19. The van der Waals surface area contributed by atoms with Crippen LogP contribution < -0.4 is 0 Å². The number of aliphatic hydroxyl groups is 1. The molecular formula is C18H19FN2O. The lowest BCUT2D eigenvalue weighted by Crippen LogP contribution is -2.08. The van der Waals surface area contributed by atoms with Crippen LogP contribution >= 0.6 is 0 Å². The van der Waals surface area contributed by atoms with Crippen LogP contribution in [-0.4, -0.2) is 14.7 Å². The van der Waals surface area contributed by atoms with Crippen LogP contribution in [0.3, 0.4) is 0 Å². The lowest BCUT2D eigenvalue weighted by Gasteiger charge is -2.18. The van der Waals surface area contributed by atoms with E-state index >= 15 is 0 Å². The number of aliphatic hydroxyl groups excluding tert-OH is 1. The Kier molecular flexibility index (Phi) is 3.71. The summed E-state index contributed by atoms with van der Waals surface area (Å²) in [5.74, 6) is -0.0299. The van der Waals surface area contributed by atoms with E-state index in [0.717, 1.165) is 27.9 Å². The Bertz CT molecular complexity index is 819. The molecule has 2 heterocycles. The molecule has 0 bridgehead atoms. The first-order valence-corrected chi connectivity index (χ1v) is 7.41. The topological polar surface area (TPSA) is 37.5 Å². The number of aromatic nitrogens is 2. The number of hydrogen-bond donors (Lipinski definition) is 1. The van der Waals surface area contributed by atoms with Crippen LogP contribution in [0.5, 0.6) is 0 Å². The molecule has 3 nitrogen and oxygen atoms in total. The van der Waals surface area contributed by atoms with E-state index in [1.807, 2.05) is 23.6 Å². The first-order valence-electron chi connectivity index (χ1n) is 7.41. The summed E-state index contributed by atoms with van der Waals surface area (Å²) in [5, 5.41) is 14.6. The minimum Gasteiger partial charge on any atom is -0.392 e. The maximum atomic E-state index is 13.2. The minimum atomic E-state index is -0.281. The first-order chi connectivity index (χ1) is 10.5. The number of fused-ring (bicyclic) bond motifs is 1. The van der Waals surface area contributed by atoms with Gasteiger partial charge in [-0.05, 0) is 54.8 Å². The van der Waals surface area contributed by atoms with Gasteiger partial charge in [0.2, 0.25) is 0 Å². The van der Waals surface area contributed by atoms with Gasteiger partial charge in [-0.25, -0.2) is 8.91 Å². The van der Waals surface area contributed by atoms with Crippen molar-refractivity contribution in [2.75, 3.05) is 0 Å². The third-order valence-electron chi connectivity index (χ3n) is 3.98. The normalized spacial score (nSPS) is 11.5. The zero-order valence-corrected chi connectivity index (χ0v) is 13.0. The van der Waals surface area contributed by atoms with E-state index in [9.17, 15) is 9.50 Å². The van der Waals surface area contributed by atoms with Crippen molar-refractivity contribution in [3.05, 3.63) is 59.0 Å². The van der Waals surface area contributed by atoms with Gasteiger partial charge in [-0.1, -0.05) is 13.8 Å². The molecule has 3 rings (SSSR count). The number of aryl methyl sites for hydroxylation is 1. The Morgan fingerprint density at radius 3 is 2.41 bits per heavy atom. The van der Waals surface area contributed by atoms with Crippen LogP contribution in [0.1, 0.15) is 36.6 Å². The highest BCUT2D eigenvalue weighted by molar-refractivity contribution is 5.71. The molecule has 0 unspecified atom stereocenters. The van der Waals surface area contributed by atoms with Crippen molar-refractivity contribution in [3.63, 3.8) is 0 Å². The average Bonchev–Trinajstić information content (AvgIpc) is 2.87. The summed E-state index contributed by atoms with van der Waals surface area (Å²) in [7, 11) is 0. The monoisotopic (exact) mass is 298 g/mol. The van der Waals surface area contributed by atoms with Crippen LogP contribution in [0.2, 0.25) is 0 Å². The number of rotatable bonds is 3. The van der Waals surface area contributed by atoms with E-state index < -0.39 is 0 Å². The molecule has 1 aromatic carbocycles. The molecule has 4 heteroatoms. The Morgan fingerprint density at radius 1 is 1.14 bits per heavy atom. The summed E-state index contributed by atoms with van der Waals surface area (Å²) in [6.45, 7) is 6.11. The predicted octanol–water partition coefficient (Wildman–Crippen LogP) is 4.06. The van der Waals surface area contributed by atoms with Gasteiger partial charge in [-0.15, -0.1) is 0 Å². The lowest BCUT2D eigenvalue weighted by molar-refractivity contribution is 0.280. The molecule has 0 aliphatic heterocycles. The van der Waals surface area contributed by atoms with Gasteiger partial charge in [-0.2, -0.15) is 5.10 Å². The molecule has 0 fully saturated rings. The van der Waals surface area contributed by atoms with E-state index in [2.05, 4.69) is 18.9 Å². The van der Waals surface area contributed by atoms with Gasteiger partial charge < -0.3 is 5.11 Å². The zero-order valence-electron chi connectivity index (χ0n) is 13.0. The Morgan fingerprint density at radius 2 is 1.82 bits per heavy atom. The fourth-order valence-corrected chi connectivity index (χ4v) is 2.95. The van der Waals surface area contributed by atoms with Crippen molar-refractivity contribution in [1.29, 1.82) is 0 Å². The summed E-state index contributed by atoms with van der Waals surface area (Å²) in [6, 6.07) is 10.3. The van der Waals surface area contributed by atoms with E-state index in [-0.39, 0.29) is 18.3 Å². The van der Waals surface area contributed by atoms with Crippen LogP contribution in [0.25, 0.3) is 16.8 Å². The van der Waals surface area contributed by atoms with E-state index in [1.54, 1.807) is 12.1 Å². The van der Waals surface area contributed by atoms with E-state index in [1.165, 1.54) is 12.1 Å². The predicted molar refractivity (Wildman–Crippen MR) is 85.3 cm³/mol. The highest BCUT2D eigenvalue weighted by Crippen LogP contribution is 2.32. The largest absolute Gasteiger partial charge is 0.392 e. The molecule has 1 N–H and O–H groups in total. The summed E-state index contributed by atoms with van der Waals surface area (Å²) < 4.78 is 15.1. The van der Waals surface area contributed by atoms with Crippen LogP contribution in [-0.2, 0) is 6.61 Å². The van der Waals surface area contributed by atoms with Crippen molar-refractivity contribution in [3.8, 4) is 11.3 Å². The molecule has 0 radical (unpaired) electrons. The maximum absolute atomic E-state index is 13.2. The summed E-state index contributed by atoms with van der Waals surface area (Å²) in [6.07, 6.45) is 0. The molecule has 0 aliphatic carbocycles. The molecular weight excluding hydrogens is 279 g/mol. The maximum Gasteiger partial charge on any atom is 0.123 e. The molecule has 0 atom stereocenters. The van der Waals surface area contributed by atoms with Crippen molar-refractivity contribution < 1.29 is 9.50 Å². The van der Waals surface area contributed by atoms with Crippen molar-refractivity contribution in [1.82, 2.24) is 9.61 Å². The van der Waals surface area contributed by atoms with Gasteiger partial charge in [0.25, 0.3) is 0 Å². The standard InChI is InChI=1S/C18H19FN2O/c1-11(2)17-15(10-22)18(13-5-7-14(19)8-6-13)20-21-12(3)4-9-16(17)21/h4-9,11,22H,10H2,1-3H3. The summed E-state index contributed by atoms with van der Waals surface area (Å²) in [4.78, 5) is 0. The Labute approximate surface area is 129 Å². The van der Waals surface area contributed by atoms with E-state index in [0.29, 0.717) is 5.69 Å². The molecule has 0 saturated carbocycles. The third kappa shape index (κ3) is 2.29. The molecule has 0 amide bonds. The van der Waals surface area contributed by atoms with Gasteiger partial charge >= 0.3 is 0 Å². The second kappa shape index (κ2) is 5.54. The van der Waals surface area contributed by atoms with Gasteiger partial charge in [0.1, 0.15) is 5.82 Å².